The van der Waals surface area contributed by atoms with Crippen molar-refractivity contribution in [1.29, 1.82) is 0 Å². The summed E-state index contributed by atoms with van der Waals surface area (Å²) in [6.07, 6.45) is 6.11. The molecule has 1 aromatic rings. The third-order valence-electron chi connectivity index (χ3n) is 3.29. The molecular weight excluding hydrogens is 216 g/mol. The molecule has 2 N–H and O–H groups in total. The molecule has 3 unspecified atom stereocenters. The van der Waals surface area contributed by atoms with E-state index in [0.717, 1.165) is 38.1 Å². The molecule has 0 bridgehead atoms. The number of aromatic nitrogens is 3. The Morgan fingerprint density at radius 1 is 1.59 bits per heavy atom. The van der Waals surface area contributed by atoms with Crippen molar-refractivity contribution in [3.05, 3.63) is 12.2 Å². The van der Waals surface area contributed by atoms with Crippen LogP contribution >= 0.6 is 0 Å². The Kier molecular flexibility index (Phi) is 4.12. The molecule has 0 amide bonds. The SMILES string of the molecule is CCCn1ncnc1CC(N)C1CCC(C)O1. The first-order valence-corrected chi connectivity index (χ1v) is 6.48. The quantitative estimate of drug-likeness (QED) is 0.835. The van der Waals surface area contributed by atoms with Gasteiger partial charge in [-0.3, -0.25) is 4.68 Å². The van der Waals surface area contributed by atoms with Gasteiger partial charge in [-0.25, -0.2) is 4.98 Å². The first-order chi connectivity index (χ1) is 8.20. The minimum absolute atomic E-state index is 0.0276. The number of nitrogens with zero attached hydrogens (tertiary/aromatic N) is 3. The largest absolute Gasteiger partial charge is 0.374 e. The van der Waals surface area contributed by atoms with Crippen LogP contribution < -0.4 is 5.73 Å². The van der Waals surface area contributed by atoms with Gasteiger partial charge in [-0.15, -0.1) is 0 Å². The number of ether oxygens (including phenoxy) is 1. The smallest absolute Gasteiger partial charge is 0.138 e. The predicted octanol–water partition coefficient (Wildman–Crippen LogP) is 1.13. The van der Waals surface area contributed by atoms with Crippen molar-refractivity contribution in [3.8, 4) is 0 Å². The second kappa shape index (κ2) is 5.60. The van der Waals surface area contributed by atoms with Crippen LogP contribution in [0.15, 0.2) is 6.33 Å². The lowest BCUT2D eigenvalue weighted by atomic mass is 10.0. The molecule has 2 rings (SSSR count). The van der Waals surface area contributed by atoms with Crippen LogP contribution in [-0.4, -0.2) is 33.0 Å². The minimum atomic E-state index is 0.0276. The molecule has 1 aromatic heterocycles. The molecule has 17 heavy (non-hydrogen) atoms. The van der Waals surface area contributed by atoms with Gasteiger partial charge in [0.05, 0.1) is 12.2 Å². The summed E-state index contributed by atoms with van der Waals surface area (Å²) in [4.78, 5) is 4.28. The summed E-state index contributed by atoms with van der Waals surface area (Å²) in [5, 5.41) is 4.21. The summed E-state index contributed by atoms with van der Waals surface area (Å²) in [5.41, 5.74) is 6.19. The summed E-state index contributed by atoms with van der Waals surface area (Å²) >= 11 is 0. The van der Waals surface area contributed by atoms with E-state index in [4.69, 9.17) is 10.5 Å². The Balaban J connectivity index is 1.93. The van der Waals surface area contributed by atoms with Crippen LogP contribution in [0.2, 0.25) is 0 Å². The van der Waals surface area contributed by atoms with E-state index in [-0.39, 0.29) is 12.1 Å². The van der Waals surface area contributed by atoms with E-state index in [1.165, 1.54) is 0 Å². The van der Waals surface area contributed by atoms with Gasteiger partial charge in [0.2, 0.25) is 0 Å². The van der Waals surface area contributed by atoms with Gasteiger partial charge in [0, 0.05) is 19.0 Å². The van der Waals surface area contributed by atoms with Gasteiger partial charge >= 0.3 is 0 Å². The summed E-state index contributed by atoms with van der Waals surface area (Å²) < 4.78 is 7.73. The number of hydrogen-bond acceptors (Lipinski definition) is 4. The molecule has 5 heteroatoms. The second-order valence-corrected chi connectivity index (χ2v) is 4.83. The fourth-order valence-electron chi connectivity index (χ4n) is 2.34. The maximum absolute atomic E-state index is 6.19. The lowest BCUT2D eigenvalue weighted by molar-refractivity contribution is 0.0399. The molecule has 3 atom stereocenters. The number of hydrogen-bond donors (Lipinski definition) is 1. The zero-order valence-corrected chi connectivity index (χ0v) is 10.7. The summed E-state index contributed by atoms with van der Waals surface area (Å²) in [7, 11) is 0. The van der Waals surface area contributed by atoms with E-state index in [9.17, 15) is 0 Å². The van der Waals surface area contributed by atoms with E-state index in [1.807, 2.05) is 4.68 Å². The molecule has 96 valence electrons. The van der Waals surface area contributed by atoms with Crippen molar-refractivity contribution in [2.24, 2.45) is 5.73 Å². The number of nitrogens with two attached hydrogens (primary N) is 1. The average Bonchev–Trinajstić information content (AvgIpc) is 2.89. The first-order valence-electron chi connectivity index (χ1n) is 6.48. The van der Waals surface area contributed by atoms with Crippen molar-refractivity contribution in [1.82, 2.24) is 14.8 Å². The number of aryl methyl sites for hydroxylation is 1. The van der Waals surface area contributed by atoms with Crippen LogP contribution in [-0.2, 0) is 17.7 Å². The fourth-order valence-corrected chi connectivity index (χ4v) is 2.34. The Morgan fingerprint density at radius 2 is 2.41 bits per heavy atom. The van der Waals surface area contributed by atoms with Crippen molar-refractivity contribution in [3.63, 3.8) is 0 Å². The zero-order valence-electron chi connectivity index (χ0n) is 10.7. The molecule has 1 aliphatic heterocycles. The van der Waals surface area contributed by atoms with Crippen LogP contribution in [0, 0.1) is 0 Å². The molecule has 0 radical (unpaired) electrons. The highest BCUT2D eigenvalue weighted by molar-refractivity contribution is 4.93. The van der Waals surface area contributed by atoms with Crippen molar-refractivity contribution in [2.45, 2.75) is 64.3 Å². The van der Waals surface area contributed by atoms with Gasteiger partial charge < -0.3 is 10.5 Å². The van der Waals surface area contributed by atoms with E-state index >= 15 is 0 Å². The van der Waals surface area contributed by atoms with E-state index < -0.39 is 0 Å². The molecule has 1 fully saturated rings. The summed E-state index contributed by atoms with van der Waals surface area (Å²) in [5.74, 6) is 0.975. The Morgan fingerprint density at radius 3 is 3.06 bits per heavy atom. The third-order valence-corrected chi connectivity index (χ3v) is 3.29. The third kappa shape index (κ3) is 3.04. The van der Waals surface area contributed by atoms with Gasteiger partial charge in [-0.05, 0) is 26.2 Å². The van der Waals surface area contributed by atoms with Crippen LogP contribution in [0.1, 0.15) is 38.9 Å². The van der Waals surface area contributed by atoms with Gasteiger partial charge in [0.25, 0.3) is 0 Å². The van der Waals surface area contributed by atoms with Crippen LogP contribution in [0.4, 0.5) is 0 Å². The van der Waals surface area contributed by atoms with E-state index in [1.54, 1.807) is 6.33 Å². The van der Waals surface area contributed by atoms with Crippen molar-refractivity contribution in [2.75, 3.05) is 0 Å². The maximum Gasteiger partial charge on any atom is 0.138 e. The van der Waals surface area contributed by atoms with Crippen molar-refractivity contribution >= 4 is 0 Å². The zero-order chi connectivity index (χ0) is 12.3. The highest BCUT2D eigenvalue weighted by atomic mass is 16.5. The average molecular weight is 238 g/mol. The summed E-state index contributed by atoms with van der Waals surface area (Å²) in [6.45, 7) is 5.14. The van der Waals surface area contributed by atoms with Crippen LogP contribution in [0.5, 0.6) is 0 Å². The van der Waals surface area contributed by atoms with Gasteiger partial charge in [0.1, 0.15) is 12.2 Å². The molecule has 0 aromatic carbocycles. The van der Waals surface area contributed by atoms with Crippen LogP contribution in [0.3, 0.4) is 0 Å². The molecule has 1 saturated heterocycles. The van der Waals surface area contributed by atoms with Crippen molar-refractivity contribution < 1.29 is 4.74 Å². The Bertz CT molecular complexity index is 352. The fraction of sp³-hybridized carbons (Fsp3) is 0.833. The monoisotopic (exact) mass is 238 g/mol. The van der Waals surface area contributed by atoms with Gasteiger partial charge in [-0.1, -0.05) is 6.92 Å². The highest BCUT2D eigenvalue weighted by Gasteiger charge is 2.28. The summed E-state index contributed by atoms with van der Waals surface area (Å²) in [6, 6.07) is 0.0276. The lowest BCUT2D eigenvalue weighted by Crippen LogP contribution is -2.37. The van der Waals surface area contributed by atoms with E-state index in [0.29, 0.717) is 6.10 Å². The molecule has 0 aliphatic carbocycles. The molecule has 5 nitrogen and oxygen atoms in total. The number of rotatable bonds is 5. The highest BCUT2D eigenvalue weighted by Crippen LogP contribution is 2.22. The second-order valence-electron chi connectivity index (χ2n) is 4.83. The molecular formula is C12H22N4O. The van der Waals surface area contributed by atoms with E-state index in [2.05, 4.69) is 23.9 Å². The molecule has 0 spiro atoms. The normalized spacial score (nSPS) is 26.3. The maximum atomic E-state index is 6.19. The Labute approximate surface area is 102 Å². The Hall–Kier alpha value is -0.940. The first kappa shape index (κ1) is 12.5. The van der Waals surface area contributed by atoms with Gasteiger partial charge in [0.15, 0.2) is 0 Å². The standard InChI is InChI=1S/C12H22N4O/c1-3-6-16-12(14-8-15-16)7-10(13)11-5-4-9(2)17-11/h8-11H,3-7,13H2,1-2H3. The molecule has 2 heterocycles. The molecule has 1 aliphatic rings. The van der Waals surface area contributed by atoms with Crippen LogP contribution in [0.25, 0.3) is 0 Å². The minimum Gasteiger partial charge on any atom is -0.374 e. The molecule has 0 saturated carbocycles. The topological polar surface area (TPSA) is 66.0 Å². The lowest BCUT2D eigenvalue weighted by Gasteiger charge is -2.19. The van der Waals surface area contributed by atoms with Gasteiger partial charge in [-0.2, -0.15) is 5.10 Å². The predicted molar refractivity (Wildman–Crippen MR) is 65.6 cm³/mol.